The number of nitrogens with two attached hydrogens (primary N) is 1. The molecule has 0 radical (unpaired) electrons. The molecule has 2 rings (SSSR count). The quantitative estimate of drug-likeness (QED) is 0.660. The Morgan fingerprint density at radius 3 is 2.45 bits per heavy atom. The summed E-state index contributed by atoms with van der Waals surface area (Å²) in [7, 11) is 0. The van der Waals surface area contributed by atoms with Crippen LogP contribution in [-0.4, -0.2) is 13.2 Å². The summed E-state index contributed by atoms with van der Waals surface area (Å²) in [4.78, 5) is 0. The molecule has 0 aliphatic rings. The highest BCUT2D eigenvalue weighted by Crippen LogP contribution is 2.31. The molecule has 0 amide bonds. The van der Waals surface area contributed by atoms with Gasteiger partial charge in [-0.3, -0.25) is 0 Å². The van der Waals surface area contributed by atoms with Crippen LogP contribution in [0, 0.1) is 6.92 Å². The molecule has 0 aliphatic carbocycles. The minimum Gasteiger partial charge on any atom is -0.490 e. The van der Waals surface area contributed by atoms with Crippen molar-refractivity contribution in [2.45, 2.75) is 6.92 Å². The van der Waals surface area contributed by atoms with Crippen molar-refractivity contribution in [1.29, 1.82) is 0 Å². The van der Waals surface area contributed by atoms with Gasteiger partial charge in [0.2, 0.25) is 0 Å². The molecule has 0 unspecified atom stereocenters. The second kappa shape index (κ2) is 6.73. The maximum Gasteiger partial charge on any atom is 0.139 e. The molecule has 0 spiro atoms. The van der Waals surface area contributed by atoms with E-state index in [-0.39, 0.29) is 0 Å². The topological polar surface area (TPSA) is 44.5 Å². The number of benzene rings is 2. The van der Waals surface area contributed by atoms with Gasteiger partial charge < -0.3 is 15.2 Å². The summed E-state index contributed by atoms with van der Waals surface area (Å²) in [5, 5.41) is 0.881. The molecule has 2 aromatic carbocycles. The Morgan fingerprint density at radius 2 is 1.70 bits per heavy atom. The van der Waals surface area contributed by atoms with E-state index in [9.17, 15) is 0 Å². The van der Waals surface area contributed by atoms with Gasteiger partial charge in [-0.1, -0.05) is 35.3 Å². The lowest BCUT2D eigenvalue weighted by Crippen LogP contribution is -2.10. The first-order chi connectivity index (χ1) is 9.58. The molecule has 0 heterocycles. The van der Waals surface area contributed by atoms with Crippen molar-refractivity contribution in [2.75, 3.05) is 18.9 Å². The third-order valence-corrected chi connectivity index (χ3v) is 3.53. The van der Waals surface area contributed by atoms with Crippen molar-refractivity contribution in [3.63, 3.8) is 0 Å². The van der Waals surface area contributed by atoms with Crippen molar-refractivity contribution in [3.8, 4) is 11.5 Å². The number of rotatable bonds is 5. The second-order valence-corrected chi connectivity index (χ2v) is 5.06. The zero-order valence-corrected chi connectivity index (χ0v) is 12.5. The minimum atomic E-state index is 0.369. The van der Waals surface area contributed by atoms with Crippen molar-refractivity contribution >= 4 is 28.9 Å². The lowest BCUT2D eigenvalue weighted by Gasteiger charge is -2.12. The Labute approximate surface area is 128 Å². The molecule has 0 aliphatic heterocycles. The Morgan fingerprint density at radius 1 is 1.00 bits per heavy atom. The first-order valence-electron chi connectivity index (χ1n) is 6.13. The molecule has 0 aromatic heterocycles. The molecule has 0 bridgehead atoms. The summed E-state index contributed by atoms with van der Waals surface area (Å²) in [6, 6.07) is 10.8. The van der Waals surface area contributed by atoms with E-state index in [0.29, 0.717) is 34.7 Å². The highest BCUT2D eigenvalue weighted by molar-refractivity contribution is 6.42. The third-order valence-electron chi connectivity index (χ3n) is 2.73. The SMILES string of the molecule is Cc1ccc(N)cc1OCCOc1cccc(Cl)c1Cl. The normalized spacial score (nSPS) is 10.3. The maximum atomic E-state index is 6.02. The zero-order chi connectivity index (χ0) is 14.5. The molecule has 0 atom stereocenters. The molecule has 0 saturated carbocycles. The van der Waals surface area contributed by atoms with E-state index >= 15 is 0 Å². The highest BCUT2D eigenvalue weighted by Gasteiger charge is 2.05. The van der Waals surface area contributed by atoms with E-state index in [2.05, 4.69) is 0 Å². The molecule has 0 saturated heterocycles. The van der Waals surface area contributed by atoms with E-state index in [0.717, 1.165) is 11.3 Å². The van der Waals surface area contributed by atoms with Crippen molar-refractivity contribution in [3.05, 3.63) is 52.0 Å². The van der Waals surface area contributed by atoms with Crippen LogP contribution in [0.25, 0.3) is 0 Å². The predicted octanol–water partition coefficient (Wildman–Crippen LogP) is 4.34. The average molecular weight is 312 g/mol. The number of aryl methyl sites for hydroxylation is 1. The van der Waals surface area contributed by atoms with Crippen molar-refractivity contribution in [2.24, 2.45) is 0 Å². The fourth-order valence-corrected chi connectivity index (χ4v) is 2.02. The van der Waals surface area contributed by atoms with E-state index in [1.165, 1.54) is 0 Å². The van der Waals surface area contributed by atoms with Gasteiger partial charge in [-0.15, -0.1) is 0 Å². The molecular weight excluding hydrogens is 297 g/mol. The maximum absolute atomic E-state index is 6.02. The van der Waals surface area contributed by atoms with Crippen LogP contribution in [0.15, 0.2) is 36.4 Å². The van der Waals surface area contributed by atoms with E-state index in [1.807, 2.05) is 19.1 Å². The molecule has 106 valence electrons. The summed E-state index contributed by atoms with van der Waals surface area (Å²) in [6.07, 6.45) is 0. The van der Waals surface area contributed by atoms with Crippen LogP contribution in [0.2, 0.25) is 10.0 Å². The third kappa shape index (κ3) is 3.71. The number of halogens is 2. The van der Waals surface area contributed by atoms with Gasteiger partial charge in [0.1, 0.15) is 29.7 Å². The van der Waals surface area contributed by atoms with Crippen LogP contribution in [0.1, 0.15) is 5.56 Å². The van der Waals surface area contributed by atoms with Crippen molar-refractivity contribution < 1.29 is 9.47 Å². The Balaban J connectivity index is 1.88. The predicted molar refractivity (Wildman–Crippen MR) is 83.0 cm³/mol. The van der Waals surface area contributed by atoms with Crippen LogP contribution in [0.3, 0.4) is 0 Å². The van der Waals surface area contributed by atoms with Crippen LogP contribution in [-0.2, 0) is 0 Å². The largest absolute Gasteiger partial charge is 0.490 e. The number of hydrogen-bond donors (Lipinski definition) is 1. The van der Waals surface area contributed by atoms with Crippen LogP contribution in [0.5, 0.6) is 11.5 Å². The zero-order valence-electron chi connectivity index (χ0n) is 11.0. The summed E-state index contributed by atoms with van der Waals surface area (Å²) in [5.74, 6) is 1.30. The molecule has 3 nitrogen and oxygen atoms in total. The van der Waals surface area contributed by atoms with Gasteiger partial charge >= 0.3 is 0 Å². The van der Waals surface area contributed by atoms with Gasteiger partial charge in [-0.25, -0.2) is 0 Å². The van der Waals surface area contributed by atoms with Crippen LogP contribution in [0.4, 0.5) is 5.69 Å². The number of nitrogen functional groups attached to an aromatic ring is 1. The fourth-order valence-electron chi connectivity index (χ4n) is 1.67. The molecular formula is C15H15Cl2NO2. The van der Waals surface area contributed by atoms with E-state index in [1.54, 1.807) is 24.3 Å². The number of hydrogen-bond acceptors (Lipinski definition) is 3. The lowest BCUT2D eigenvalue weighted by molar-refractivity contribution is 0.216. The van der Waals surface area contributed by atoms with Gasteiger partial charge in [-0.05, 0) is 30.7 Å². The smallest absolute Gasteiger partial charge is 0.139 e. The number of anilines is 1. The van der Waals surface area contributed by atoms with Gasteiger partial charge in [0, 0.05) is 11.8 Å². The van der Waals surface area contributed by atoms with Crippen LogP contribution < -0.4 is 15.2 Å². The minimum absolute atomic E-state index is 0.369. The van der Waals surface area contributed by atoms with Gasteiger partial charge in [-0.2, -0.15) is 0 Å². The fraction of sp³-hybridized carbons (Fsp3) is 0.200. The molecule has 20 heavy (non-hydrogen) atoms. The second-order valence-electron chi connectivity index (χ2n) is 4.27. The van der Waals surface area contributed by atoms with Gasteiger partial charge in [0.05, 0.1) is 5.02 Å². The first-order valence-corrected chi connectivity index (χ1v) is 6.89. The van der Waals surface area contributed by atoms with Crippen molar-refractivity contribution in [1.82, 2.24) is 0 Å². The van der Waals surface area contributed by atoms with E-state index in [4.69, 9.17) is 38.4 Å². The van der Waals surface area contributed by atoms with E-state index < -0.39 is 0 Å². The van der Waals surface area contributed by atoms with Crippen LogP contribution >= 0.6 is 23.2 Å². The average Bonchev–Trinajstić information content (AvgIpc) is 2.43. The lowest BCUT2D eigenvalue weighted by atomic mass is 10.2. The van der Waals surface area contributed by atoms with Gasteiger partial charge in [0.15, 0.2) is 0 Å². The Bertz CT molecular complexity index is 598. The molecule has 5 heteroatoms. The Kier molecular flexibility index (Phi) is 4.99. The molecule has 0 fully saturated rings. The monoisotopic (exact) mass is 311 g/mol. The summed E-state index contributed by atoms with van der Waals surface area (Å²) in [5.41, 5.74) is 7.41. The first kappa shape index (κ1) is 14.8. The summed E-state index contributed by atoms with van der Waals surface area (Å²) < 4.78 is 11.2. The summed E-state index contributed by atoms with van der Waals surface area (Å²) in [6.45, 7) is 2.73. The Hall–Kier alpha value is -1.58. The standard InChI is InChI=1S/C15H15Cl2NO2/c1-10-5-6-11(18)9-14(10)20-8-7-19-13-4-2-3-12(16)15(13)17/h2-6,9H,7-8,18H2,1H3. The molecule has 2 N–H and O–H groups in total. The van der Waals surface area contributed by atoms with Gasteiger partial charge in [0.25, 0.3) is 0 Å². The molecule has 2 aromatic rings. The summed E-state index contributed by atoms with van der Waals surface area (Å²) >= 11 is 11.9. The number of ether oxygens (including phenoxy) is 2. The highest BCUT2D eigenvalue weighted by atomic mass is 35.5.